The second-order valence-corrected chi connectivity index (χ2v) is 5.86. The Bertz CT molecular complexity index is 473. The lowest BCUT2D eigenvalue weighted by molar-refractivity contribution is 0.786. The largest absolute Gasteiger partial charge is 0.0955 e. The molecule has 0 unspecified atom stereocenters. The maximum absolute atomic E-state index is 4.17. The van der Waals surface area contributed by atoms with Crippen molar-refractivity contribution in [3.05, 3.63) is 47.5 Å². The van der Waals surface area contributed by atoms with Gasteiger partial charge >= 0.3 is 0 Å². The molecule has 18 heavy (non-hydrogen) atoms. The number of rotatable bonds is 4. The number of benzene rings is 1. The van der Waals surface area contributed by atoms with Crippen LogP contribution in [0.3, 0.4) is 0 Å². The van der Waals surface area contributed by atoms with Crippen molar-refractivity contribution in [2.45, 2.75) is 53.4 Å². The SMILES string of the molecule is C=C(C)c1ccc(C(C)C)c(C(C)C)c1C(=C)C. The third kappa shape index (κ3) is 2.75. The zero-order chi connectivity index (χ0) is 14.0. The van der Waals surface area contributed by atoms with E-state index in [1.54, 1.807) is 0 Å². The van der Waals surface area contributed by atoms with Gasteiger partial charge in [-0.1, -0.05) is 64.1 Å². The summed E-state index contributed by atoms with van der Waals surface area (Å²) in [5.74, 6) is 1.05. The van der Waals surface area contributed by atoms with Crippen molar-refractivity contribution in [2.24, 2.45) is 0 Å². The summed E-state index contributed by atoms with van der Waals surface area (Å²) in [6, 6.07) is 4.46. The minimum Gasteiger partial charge on any atom is -0.0955 e. The lowest BCUT2D eigenvalue weighted by Gasteiger charge is -2.23. The molecular weight excluding hydrogens is 216 g/mol. The molecule has 0 atom stereocenters. The van der Waals surface area contributed by atoms with Gasteiger partial charge in [0.25, 0.3) is 0 Å². The lowest BCUT2D eigenvalue weighted by atomic mass is 9.81. The van der Waals surface area contributed by atoms with Crippen molar-refractivity contribution in [3.63, 3.8) is 0 Å². The van der Waals surface area contributed by atoms with Crippen LogP contribution in [0.2, 0.25) is 0 Å². The van der Waals surface area contributed by atoms with Crippen molar-refractivity contribution in [1.29, 1.82) is 0 Å². The highest BCUT2D eigenvalue weighted by molar-refractivity contribution is 5.79. The highest BCUT2D eigenvalue weighted by Gasteiger charge is 2.18. The van der Waals surface area contributed by atoms with E-state index < -0.39 is 0 Å². The molecule has 1 rings (SSSR count). The van der Waals surface area contributed by atoms with Crippen LogP contribution < -0.4 is 0 Å². The zero-order valence-corrected chi connectivity index (χ0v) is 12.7. The Hall–Kier alpha value is -1.30. The van der Waals surface area contributed by atoms with E-state index in [9.17, 15) is 0 Å². The minimum atomic E-state index is 0.508. The molecule has 0 heteroatoms. The topological polar surface area (TPSA) is 0 Å². The van der Waals surface area contributed by atoms with Gasteiger partial charge in [-0.25, -0.2) is 0 Å². The Kier molecular flexibility index (Phi) is 4.56. The minimum absolute atomic E-state index is 0.508. The van der Waals surface area contributed by atoms with Gasteiger partial charge in [0.2, 0.25) is 0 Å². The van der Waals surface area contributed by atoms with Crippen LogP contribution in [0, 0.1) is 0 Å². The predicted molar refractivity (Wildman–Crippen MR) is 84.0 cm³/mol. The fourth-order valence-electron chi connectivity index (χ4n) is 2.58. The predicted octanol–water partition coefficient (Wildman–Crippen LogP) is 6.00. The van der Waals surface area contributed by atoms with Gasteiger partial charge in [0.05, 0.1) is 0 Å². The molecule has 0 amide bonds. The smallest absolute Gasteiger partial charge is 0.0121 e. The van der Waals surface area contributed by atoms with Crippen LogP contribution in [0.5, 0.6) is 0 Å². The molecule has 0 bridgehead atoms. The summed E-state index contributed by atoms with van der Waals surface area (Å²) in [7, 11) is 0. The van der Waals surface area contributed by atoms with Crippen molar-refractivity contribution >= 4 is 11.1 Å². The van der Waals surface area contributed by atoms with E-state index in [1.165, 1.54) is 22.3 Å². The van der Waals surface area contributed by atoms with E-state index >= 15 is 0 Å². The van der Waals surface area contributed by atoms with E-state index in [-0.39, 0.29) is 0 Å². The molecule has 1 aromatic rings. The molecule has 0 fully saturated rings. The molecule has 1 aromatic carbocycles. The van der Waals surface area contributed by atoms with Gasteiger partial charge in [-0.05, 0) is 47.9 Å². The van der Waals surface area contributed by atoms with Crippen LogP contribution in [0.4, 0.5) is 0 Å². The molecule has 0 saturated carbocycles. The molecule has 0 nitrogen and oxygen atoms in total. The molecule has 0 aliphatic heterocycles. The van der Waals surface area contributed by atoms with E-state index in [4.69, 9.17) is 0 Å². The monoisotopic (exact) mass is 242 g/mol. The van der Waals surface area contributed by atoms with Gasteiger partial charge in [0, 0.05) is 0 Å². The number of allylic oxidation sites excluding steroid dienone is 2. The first-order valence-corrected chi connectivity index (χ1v) is 6.75. The van der Waals surface area contributed by atoms with Crippen molar-refractivity contribution < 1.29 is 0 Å². The normalized spacial score (nSPS) is 11.1. The zero-order valence-electron chi connectivity index (χ0n) is 12.7. The third-order valence-electron chi connectivity index (χ3n) is 3.37. The van der Waals surface area contributed by atoms with Gasteiger partial charge in [0.1, 0.15) is 0 Å². The van der Waals surface area contributed by atoms with Crippen LogP contribution in [0.15, 0.2) is 25.3 Å². The van der Waals surface area contributed by atoms with Crippen LogP contribution >= 0.6 is 0 Å². The molecule has 0 aliphatic rings. The van der Waals surface area contributed by atoms with Crippen molar-refractivity contribution in [3.8, 4) is 0 Å². The molecule has 98 valence electrons. The molecule has 0 heterocycles. The van der Waals surface area contributed by atoms with E-state index in [0.717, 1.165) is 11.1 Å². The summed E-state index contributed by atoms with van der Waals surface area (Å²) in [5.41, 5.74) is 7.69. The molecule has 0 N–H and O–H groups in total. The molecular formula is C18H26. The second-order valence-electron chi connectivity index (χ2n) is 5.86. The Labute approximate surface area is 112 Å². The molecule has 0 aliphatic carbocycles. The lowest BCUT2D eigenvalue weighted by Crippen LogP contribution is -2.05. The summed E-state index contributed by atoms with van der Waals surface area (Å²) in [6.45, 7) is 21.5. The quantitative estimate of drug-likeness (QED) is 0.607. The molecule has 0 saturated heterocycles. The highest BCUT2D eigenvalue weighted by Crippen LogP contribution is 2.36. The second kappa shape index (κ2) is 5.56. The average molecular weight is 242 g/mol. The van der Waals surface area contributed by atoms with Gasteiger partial charge in [-0.15, -0.1) is 0 Å². The Morgan fingerprint density at radius 3 is 1.78 bits per heavy atom. The van der Waals surface area contributed by atoms with Crippen LogP contribution in [0.25, 0.3) is 11.1 Å². The van der Waals surface area contributed by atoms with Crippen LogP contribution in [0.1, 0.15) is 75.6 Å². The van der Waals surface area contributed by atoms with Crippen LogP contribution in [-0.2, 0) is 0 Å². The summed E-state index contributed by atoms with van der Waals surface area (Å²) in [5, 5.41) is 0. The van der Waals surface area contributed by atoms with Gasteiger partial charge in [-0.2, -0.15) is 0 Å². The Morgan fingerprint density at radius 2 is 1.44 bits per heavy atom. The Balaban J connectivity index is 3.71. The Morgan fingerprint density at radius 1 is 0.889 bits per heavy atom. The molecule has 0 radical (unpaired) electrons. The van der Waals surface area contributed by atoms with Gasteiger partial charge in [0.15, 0.2) is 0 Å². The number of hydrogen-bond donors (Lipinski definition) is 0. The fourth-order valence-corrected chi connectivity index (χ4v) is 2.58. The maximum Gasteiger partial charge on any atom is -0.0121 e. The van der Waals surface area contributed by atoms with E-state index in [2.05, 4.69) is 66.8 Å². The number of hydrogen-bond acceptors (Lipinski definition) is 0. The van der Waals surface area contributed by atoms with Crippen molar-refractivity contribution in [2.75, 3.05) is 0 Å². The van der Waals surface area contributed by atoms with Crippen LogP contribution in [-0.4, -0.2) is 0 Å². The van der Waals surface area contributed by atoms with Gasteiger partial charge in [-0.3, -0.25) is 0 Å². The molecule has 0 aromatic heterocycles. The maximum atomic E-state index is 4.17. The summed E-state index contributed by atoms with van der Waals surface area (Å²) < 4.78 is 0. The van der Waals surface area contributed by atoms with E-state index in [1.807, 2.05) is 0 Å². The summed E-state index contributed by atoms with van der Waals surface area (Å²) >= 11 is 0. The fraction of sp³-hybridized carbons (Fsp3) is 0.444. The average Bonchev–Trinajstić information content (AvgIpc) is 2.26. The third-order valence-corrected chi connectivity index (χ3v) is 3.37. The highest BCUT2D eigenvalue weighted by atomic mass is 14.2. The summed E-state index contributed by atoms with van der Waals surface area (Å²) in [6.07, 6.45) is 0. The first kappa shape index (κ1) is 14.8. The summed E-state index contributed by atoms with van der Waals surface area (Å²) in [4.78, 5) is 0. The first-order chi connectivity index (χ1) is 8.27. The van der Waals surface area contributed by atoms with Gasteiger partial charge < -0.3 is 0 Å². The first-order valence-electron chi connectivity index (χ1n) is 6.75. The molecule has 0 spiro atoms. The van der Waals surface area contributed by atoms with E-state index in [0.29, 0.717) is 11.8 Å². The standard InChI is InChI=1S/C18H26/c1-11(2)15-9-10-16(12(3)4)18(14(7)8)17(15)13(5)6/h9-10,12,14H,1,5H2,2-4,6-8H3. The van der Waals surface area contributed by atoms with Crippen molar-refractivity contribution in [1.82, 2.24) is 0 Å².